The normalized spacial score (nSPS) is 16.2. The maximum absolute atomic E-state index is 13.5. The number of para-hydroxylation sites is 1. The van der Waals surface area contributed by atoms with Gasteiger partial charge in [-0.3, -0.25) is 9.59 Å². The lowest BCUT2D eigenvalue weighted by Gasteiger charge is -2.28. The summed E-state index contributed by atoms with van der Waals surface area (Å²) in [5, 5.41) is 2.91. The van der Waals surface area contributed by atoms with Crippen molar-refractivity contribution in [2.24, 2.45) is 5.41 Å². The molecule has 0 unspecified atom stereocenters. The standard InChI is InChI=1S/C20H28FNO4/c1-19(2,3)22-17(23)14-20(10-6-7-11-20)18(24)26-13-12-25-16-9-5-4-8-15(16)21/h4-5,8-9H,6-7,10-14H2,1-3H3,(H,22,23). The number of hydrogen-bond acceptors (Lipinski definition) is 4. The SMILES string of the molecule is CC(C)(C)NC(=O)CC1(C(=O)OCCOc2ccccc2F)CCCC1. The van der Waals surface area contributed by atoms with Crippen molar-refractivity contribution in [1.82, 2.24) is 5.32 Å². The van der Waals surface area contributed by atoms with Crippen LogP contribution in [0.15, 0.2) is 24.3 Å². The van der Waals surface area contributed by atoms with Crippen LogP contribution in [0.3, 0.4) is 0 Å². The molecule has 1 amide bonds. The first-order chi connectivity index (χ1) is 12.2. The Bertz CT molecular complexity index is 633. The van der Waals surface area contributed by atoms with E-state index < -0.39 is 11.2 Å². The Labute approximate surface area is 154 Å². The minimum absolute atomic E-state index is 0.0236. The molecular weight excluding hydrogens is 337 g/mol. The van der Waals surface area contributed by atoms with Gasteiger partial charge in [-0.25, -0.2) is 4.39 Å². The summed E-state index contributed by atoms with van der Waals surface area (Å²) in [4.78, 5) is 24.9. The van der Waals surface area contributed by atoms with Gasteiger partial charge in [0.25, 0.3) is 0 Å². The number of rotatable bonds is 7. The zero-order valence-corrected chi connectivity index (χ0v) is 15.8. The van der Waals surface area contributed by atoms with Crippen molar-refractivity contribution in [3.8, 4) is 5.75 Å². The first kappa shape index (κ1) is 20.2. The number of amides is 1. The van der Waals surface area contributed by atoms with E-state index in [0.717, 1.165) is 12.8 Å². The third-order valence-electron chi connectivity index (χ3n) is 4.42. The number of hydrogen-bond donors (Lipinski definition) is 1. The fraction of sp³-hybridized carbons (Fsp3) is 0.600. The van der Waals surface area contributed by atoms with Crippen molar-refractivity contribution < 1.29 is 23.5 Å². The van der Waals surface area contributed by atoms with Crippen LogP contribution in [-0.2, 0) is 14.3 Å². The number of carbonyl (C=O) groups excluding carboxylic acids is 2. The second kappa shape index (κ2) is 8.52. The first-order valence-corrected chi connectivity index (χ1v) is 9.07. The Hall–Kier alpha value is -2.11. The number of ether oxygens (including phenoxy) is 2. The van der Waals surface area contributed by atoms with Crippen LogP contribution >= 0.6 is 0 Å². The van der Waals surface area contributed by atoms with Crippen LogP contribution in [0.2, 0.25) is 0 Å². The predicted molar refractivity (Wildman–Crippen MR) is 96.3 cm³/mol. The molecule has 1 aromatic rings. The zero-order chi connectivity index (χ0) is 19.2. The molecule has 2 rings (SSSR count). The molecule has 0 saturated heterocycles. The maximum Gasteiger partial charge on any atom is 0.312 e. The van der Waals surface area contributed by atoms with Gasteiger partial charge in [-0.15, -0.1) is 0 Å². The summed E-state index contributed by atoms with van der Waals surface area (Å²) >= 11 is 0. The molecule has 144 valence electrons. The summed E-state index contributed by atoms with van der Waals surface area (Å²) in [5.41, 5.74) is -1.10. The fourth-order valence-corrected chi connectivity index (χ4v) is 3.28. The Kier molecular flexibility index (Phi) is 6.62. The Balaban J connectivity index is 1.86. The molecular formula is C20H28FNO4. The third kappa shape index (κ3) is 5.71. The molecule has 5 nitrogen and oxygen atoms in total. The highest BCUT2D eigenvalue weighted by Gasteiger charge is 2.44. The highest BCUT2D eigenvalue weighted by atomic mass is 19.1. The predicted octanol–water partition coefficient (Wildman–Crippen LogP) is 3.61. The van der Waals surface area contributed by atoms with Crippen LogP contribution in [0.25, 0.3) is 0 Å². The van der Waals surface area contributed by atoms with Crippen molar-refractivity contribution in [3.05, 3.63) is 30.1 Å². The van der Waals surface area contributed by atoms with Crippen molar-refractivity contribution in [2.75, 3.05) is 13.2 Å². The lowest BCUT2D eigenvalue weighted by Crippen LogP contribution is -2.44. The second-order valence-corrected chi connectivity index (χ2v) is 7.88. The average molecular weight is 365 g/mol. The molecule has 0 bridgehead atoms. The lowest BCUT2D eigenvalue weighted by atomic mass is 9.82. The van der Waals surface area contributed by atoms with Gasteiger partial charge in [0.2, 0.25) is 5.91 Å². The van der Waals surface area contributed by atoms with Gasteiger partial charge >= 0.3 is 5.97 Å². The molecule has 1 N–H and O–H groups in total. The Morgan fingerprint density at radius 1 is 1.15 bits per heavy atom. The van der Waals surface area contributed by atoms with Crippen LogP contribution in [-0.4, -0.2) is 30.6 Å². The van der Waals surface area contributed by atoms with Crippen LogP contribution in [0.1, 0.15) is 52.9 Å². The van der Waals surface area contributed by atoms with Crippen LogP contribution in [0.5, 0.6) is 5.75 Å². The number of carbonyl (C=O) groups is 2. The topological polar surface area (TPSA) is 64.6 Å². The van der Waals surface area contributed by atoms with Gasteiger partial charge in [0, 0.05) is 12.0 Å². The van der Waals surface area contributed by atoms with Gasteiger partial charge in [0.05, 0.1) is 5.41 Å². The quantitative estimate of drug-likeness (QED) is 0.592. The van der Waals surface area contributed by atoms with Gasteiger partial charge in [0.15, 0.2) is 11.6 Å². The Morgan fingerprint density at radius 3 is 2.42 bits per heavy atom. The van der Waals surface area contributed by atoms with Crippen molar-refractivity contribution in [3.63, 3.8) is 0 Å². The van der Waals surface area contributed by atoms with E-state index in [0.29, 0.717) is 12.8 Å². The van der Waals surface area contributed by atoms with E-state index in [1.165, 1.54) is 12.1 Å². The third-order valence-corrected chi connectivity index (χ3v) is 4.42. The molecule has 1 aromatic carbocycles. The van der Waals surface area contributed by atoms with E-state index >= 15 is 0 Å². The fourth-order valence-electron chi connectivity index (χ4n) is 3.28. The van der Waals surface area contributed by atoms with Gasteiger partial charge < -0.3 is 14.8 Å². The lowest BCUT2D eigenvalue weighted by molar-refractivity contribution is -0.158. The largest absolute Gasteiger partial charge is 0.487 e. The summed E-state index contributed by atoms with van der Waals surface area (Å²) < 4.78 is 24.1. The molecule has 0 aromatic heterocycles. The average Bonchev–Trinajstić information content (AvgIpc) is 3.00. The van der Waals surface area contributed by atoms with E-state index in [-0.39, 0.29) is 42.8 Å². The molecule has 26 heavy (non-hydrogen) atoms. The van der Waals surface area contributed by atoms with Crippen molar-refractivity contribution >= 4 is 11.9 Å². The maximum atomic E-state index is 13.5. The van der Waals surface area contributed by atoms with Crippen molar-refractivity contribution in [2.45, 2.75) is 58.4 Å². The molecule has 0 radical (unpaired) electrons. The zero-order valence-electron chi connectivity index (χ0n) is 15.8. The molecule has 0 atom stereocenters. The molecule has 0 heterocycles. The van der Waals surface area contributed by atoms with Crippen molar-refractivity contribution in [1.29, 1.82) is 0 Å². The summed E-state index contributed by atoms with van der Waals surface area (Å²) in [5.74, 6) is -0.830. The second-order valence-electron chi connectivity index (χ2n) is 7.88. The molecule has 1 saturated carbocycles. The highest BCUT2D eigenvalue weighted by Crippen LogP contribution is 2.42. The summed E-state index contributed by atoms with van der Waals surface area (Å²) in [6.45, 7) is 5.81. The number of halogens is 1. The molecule has 0 spiro atoms. The van der Waals surface area contributed by atoms with Crippen LogP contribution in [0, 0.1) is 11.2 Å². The van der Waals surface area contributed by atoms with E-state index in [1.807, 2.05) is 20.8 Å². The minimum Gasteiger partial charge on any atom is -0.487 e. The number of esters is 1. The van der Waals surface area contributed by atoms with Crippen LogP contribution in [0.4, 0.5) is 4.39 Å². The number of nitrogens with one attached hydrogen (secondary N) is 1. The van der Waals surface area contributed by atoms with E-state index in [1.54, 1.807) is 12.1 Å². The highest BCUT2D eigenvalue weighted by molar-refractivity contribution is 5.86. The smallest absolute Gasteiger partial charge is 0.312 e. The Morgan fingerprint density at radius 2 is 1.81 bits per heavy atom. The minimum atomic E-state index is -0.757. The molecule has 6 heteroatoms. The molecule has 1 aliphatic rings. The summed E-state index contributed by atoms with van der Waals surface area (Å²) in [6, 6.07) is 6.08. The van der Waals surface area contributed by atoms with E-state index in [4.69, 9.17) is 9.47 Å². The van der Waals surface area contributed by atoms with Gasteiger partial charge in [-0.2, -0.15) is 0 Å². The molecule has 1 aliphatic carbocycles. The van der Waals surface area contributed by atoms with E-state index in [2.05, 4.69) is 5.32 Å². The van der Waals surface area contributed by atoms with E-state index in [9.17, 15) is 14.0 Å². The van der Waals surface area contributed by atoms with Gasteiger partial charge in [-0.1, -0.05) is 25.0 Å². The van der Waals surface area contributed by atoms with Gasteiger partial charge in [0.1, 0.15) is 13.2 Å². The summed E-state index contributed by atoms with van der Waals surface area (Å²) in [6.07, 6.45) is 3.25. The number of benzene rings is 1. The monoisotopic (exact) mass is 365 g/mol. The van der Waals surface area contributed by atoms with Crippen LogP contribution < -0.4 is 10.1 Å². The summed E-state index contributed by atoms with van der Waals surface area (Å²) in [7, 11) is 0. The van der Waals surface area contributed by atoms with Gasteiger partial charge in [-0.05, 0) is 45.7 Å². The molecule has 1 fully saturated rings. The first-order valence-electron chi connectivity index (χ1n) is 9.07. The molecule has 0 aliphatic heterocycles.